The van der Waals surface area contributed by atoms with Crippen molar-refractivity contribution in [2.24, 2.45) is 11.7 Å². The van der Waals surface area contributed by atoms with Gasteiger partial charge in [0.05, 0.1) is 5.54 Å². The summed E-state index contributed by atoms with van der Waals surface area (Å²) in [4.78, 5) is 16.9. The van der Waals surface area contributed by atoms with Crippen LogP contribution < -0.4 is 11.1 Å². The second-order valence-electron chi connectivity index (χ2n) is 7.34. The number of anilines is 1. The third-order valence-electron chi connectivity index (χ3n) is 5.47. The van der Waals surface area contributed by atoms with E-state index in [2.05, 4.69) is 15.5 Å². The molecule has 2 saturated carbocycles. The van der Waals surface area contributed by atoms with Crippen LogP contribution in [0.15, 0.2) is 28.8 Å². The largest absolute Gasteiger partial charge is 0.334 e. The summed E-state index contributed by atoms with van der Waals surface area (Å²) in [5.41, 5.74) is 7.37. The molecule has 0 radical (unpaired) electrons. The summed E-state index contributed by atoms with van der Waals surface area (Å²) >= 11 is 0. The summed E-state index contributed by atoms with van der Waals surface area (Å²) in [6.07, 6.45) is 8.37. The zero-order valence-electron chi connectivity index (χ0n) is 14.7. The molecule has 2 aliphatic rings. The Kier molecular flexibility index (Phi) is 5.63. The fourth-order valence-corrected chi connectivity index (χ4v) is 3.66. The van der Waals surface area contributed by atoms with Crippen LogP contribution >= 0.6 is 12.4 Å². The molecule has 1 heterocycles. The molecular formula is C19H25ClN4O2. The molecule has 7 heteroatoms. The van der Waals surface area contributed by atoms with Crippen molar-refractivity contribution in [3.63, 3.8) is 0 Å². The molecule has 1 aromatic heterocycles. The van der Waals surface area contributed by atoms with Crippen molar-refractivity contribution in [1.82, 2.24) is 10.1 Å². The zero-order chi connectivity index (χ0) is 17.3. The van der Waals surface area contributed by atoms with Gasteiger partial charge in [-0.3, -0.25) is 4.79 Å². The lowest BCUT2D eigenvalue weighted by atomic mass is 9.77. The second-order valence-corrected chi connectivity index (χ2v) is 7.34. The van der Waals surface area contributed by atoms with E-state index in [9.17, 15) is 4.79 Å². The van der Waals surface area contributed by atoms with Gasteiger partial charge in [-0.25, -0.2) is 0 Å². The van der Waals surface area contributed by atoms with Gasteiger partial charge in [0.1, 0.15) is 0 Å². The highest BCUT2D eigenvalue weighted by Crippen LogP contribution is 2.37. The lowest BCUT2D eigenvalue weighted by Crippen LogP contribution is -2.44. The van der Waals surface area contributed by atoms with Crippen LogP contribution in [0.4, 0.5) is 5.69 Å². The van der Waals surface area contributed by atoms with Gasteiger partial charge in [-0.15, -0.1) is 12.4 Å². The summed E-state index contributed by atoms with van der Waals surface area (Å²) in [6.45, 7) is 0. The highest BCUT2D eigenvalue weighted by atomic mass is 35.5. The normalized spacial score (nSPS) is 19.3. The Labute approximate surface area is 159 Å². The molecule has 26 heavy (non-hydrogen) atoms. The van der Waals surface area contributed by atoms with Crippen molar-refractivity contribution in [1.29, 1.82) is 0 Å². The van der Waals surface area contributed by atoms with Crippen LogP contribution in [0.5, 0.6) is 0 Å². The minimum atomic E-state index is -0.436. The number of hydrogen-bond acceptors (Lipinski definition) is 5. The molecule has 2 fully saturated rings. The summed E-state index contributed by atoms with van der Waals surface area (Å²) in [5, 5.41) is 7.08. The Bertz CT molecular complexity index is 766. The van der Waals surface area contributed by atoms with Gasteiger partial charge in [0.2, 0.25) is 5.91 Å². The molecule has 0 aliphatic heterocycles. The molecule has 0 spiro atoms. The average molecular weight is 377 g/mol. The van der Waals surface area contributed by atoms with Gasteiger partial charge in [-0.2, -0.15) is 4.98 Å². The molecule has 1 aromatic carbocycles. The number of aromatic nitrogens is 2. The van der Waals surface area contributed by atoms with Crippen LogP contribution in [0, 0.1) is 5.92 Å². The number of nitrogens with one attached hydrogen (secondary N) is 1. The van der Waals surface area contributed by atoms with E-state index in [0.717, 1.165) is 56.2 Å². The molecule has 0 bridgehead atoms. The first kappa shape index (κ1) is 18.9. The van der Waals surface area contributed by atoms with Crippen LogP contribution in [0.25, 0.3) is 11.5 Å². The molecular weight excluding hydrogens is 352 g/mol. The van der Waals surface area contributed by atoms with Gasteiger partial charge in [0, 0.05) is 17.2 Å². The highest BCUT2D eigenvalue weighted by Gasteiger charge is 2.39. The predicted molar refractivity (Wildman–Crippen MR) is 102 cm³/mol. The van der Waals surface area contributed by atoms with E-state index in [-0.39, 0.29) is 24.2 Å². The fraction of sp³-hybridized carbons (Fsp3) is 0.526. The van der Waals surface area contributed by atoms with Crippen LogP contribution in [-0.2, 0) is 10.3 Å². The minimum Gasteiger partial charge on any atom is -0.334 e. The van der Waals surface area contributed by atoms with E-state index in [1.807, 2.05) is 24.3 Å². The zero-order valence-corrected chi connectivity index (χ0v) is 15.6. The third-order valence-corrected chi connectivity index (χ3v) is 5.47. The van der Waals surface area contributed by atoms with E-state index >= 15 is 0 Å². The third kappa shape index (κ3) is 3.76. The van der Waals surface area contributed by atoms with Crippen LogP contribution in [-0.4, -0.2) is 16.0 Å². The van der Waals surface area contributed by atoms with Crippen LogP contribution in [0.2, 0.25) is 0 Å². The first-order chi connectivity index (χ1) is 12.1. The van der Waals surface area contributed by atoms with E-state index in [4.69, 9.17) is 10.3 Å². The number of rotatable bonds is 4. The van der Waals surface area contributed by atoms with Crippen LogP contribution in [0.1, 0.15) is 57.2 Å². The Hall–Kier alpha value is -1.92. The number of carbonyl (C=O) groups excluding carboxylic acids is 1. The number of carbonyl (C=O) groups is 1. The second kappa shape index (κ2) is 7.76. The first-order valence-electron chi connectivity index (χ1n) is 9.18. The number of nitrogens with zero attached hydrogens (tertiary/aromatic N) is 2. The maximum absolute atomic E-state index is 12.4. The molecule has 2 aromatic rings. The Morgan fingerprint density at radius 1 is 1.19 bits per heavy atom. The number of halogens is 1. The number of hydrogen-bond donors (Lipinski definition) is 2. The van der Waals surface area contributed by atoms with Crippen molar-refractivity contribution in [3.8, 4) is 11.5 Å². The maximum Gasteiger partial charge on any atom is 0.258 e. The standard InChI is InChI=1S/C19H24N4O2.ClH/c20-19(10-5-11-19)18-22-17(25-23-18)14-8-4-9-15(12-14)21-16(24)13-6-2-1-3-7-13;/h4,8-9,12-13H,1-3,5-7,10-11,20H2,(H,21,24);1H. The fourth-order valence-electron chi connectivity index (χ4n) is 3.66. The van der Waals surface area contributed by atoms with Gasteiger partial charge in [0.25, 0.3) is 5.89 Å². The van der Waals surface area contributed by atoms with Gasteiger partial charge in [-0.05, 0) is 50.3 Å². The lowest BCUT2D eigenvalue weighted by molar-refractivity contribution is -0.120. The monoisotopic (exact) mass is 376 g/mol. The molecule has 140 valence electrons. The van der Waals surface area contributed by atoms with Gasteiger partial charge >= 0.3 is 0 Å². The SMILES string of the molecule is Cl.NC1(c2noc(-c3cccc(NC(=O)C4CCCCC4)c3)n2)CCC1. The Morgan fingerprint density at radius 3 is 2.65 bits per heavy atom. The van der Waals surface area contributed by atoms with Crippen molar-refractivity contribution in [2.45, 2.75) is 56.9 Å². The smallest absolute Gasteiger partial charge is 0.258 e. The molecule has 4 rings (SSSR count). The minimum absolute atomic E-state index is 0. The van der Waals surface area contributed by atoms with Crippen molar-refractivity contribution in [2.75, 3.05) is 5.32 Å². The summed E-state index contributed by atoms with van der Waals surface area (Å²) in [5.74, 6) is 1.26. The highest BCUT2D eigenvalue weighted by molar-refractivity contribution is 5.93. The van der Waals surface area contributed by atoms with Crippen molar-refractivity contribution in [3.05, 3.63) is 30.1 Å². The maximum atomic E-state index is 12.4. The van der Waals surface area contributed by atoms with Gasteiger partial charge in [0.15, 0.2) is 5.82 Å². The van der Waals surface area contributed by atoms with Crippen molar-refractivity contribution >= 4 is 24.0 Å². The van der Waals surface area contributed by atoms with E-state index < -0.39 is 5.54 Å². The lowest BCUT2D eigenvalue weighted by Gasteiger charge is -2.34. The molecule has 6 nitrogen and oxygen atoms in total. The van der Waals surface area contributed by atoms with E-state index in [1.54, 1.807) is 0 Å². The van der Waals surface area contributed by atoms with Crippen molar-refractivity contribution < 1.29 is 9.32 Å². The molecule has 1 amide bonds. The molecule has 0 atom stereocenters. The number of nitrogens with two attached hydrogens (primary N) is 1. The van der Waals surface area contributed by atoms with E-state index in [0.29, 0.717) is 11.7 Å². The molecule has 0 saturated heterocycles. The topological polar surface area (TPSA) is 94.0 Å². The molecule has 2 aliphatic carbocycles. The molecule has 3 N–H and O–H groups in total. The van der Waals surface area contributed by atoms with Gasteiger partial charge < -0.3 is 15.6 Å². The average Bonchev–Trinajstić information content (AvgIpc) is 3.11. The first-order valence-corrected chi connectivity index (χ1v) is 9.18. The summed E-state index contributed by atoms with van der Waals surface area (Å²) in [7, 11) is 0. The van der Waals surface area contributed by atoms with E-state index in [1.165, 1.54) is 6.42 Å². The Balaban J connectivity index is 0.00000196. The summed E-state index contributed by atoms with van der Waals surface area (Å²) < 4.78 is 5.40. The molecule has 0 unspecified atom stereocenters. The van der Waals surface area contributed by atoms with Gasteiger partial charge in [-0.1, -0.05) is 30.5 Å². The number of amides is 1. The van der Waals surface area contributed by atoms with Crippen LogP contribution in [0.3, 0.4) is 0 Å². The number of benzene rings is 1. The predicted octanol–water partition coefficient (Wildman–Crippen LogP) is 4.02. The Morgan fingerprint density at radius 2 is 1.96 bits per heavy atom. The quantitative estimate of drug-likeness (QED) is 0.840. The summed E-state index contributed by atoms with van der Waals surface area (Å²) in [6, 6.07) is 7.55.